The van der Waals surface area contributed by atoms with Gasteiger partial charge in [-0.1, -0.05) is 60.3 Å². The fourth-order valence-corrected chi connectivity index (χ4v) is 5.24. The van der Waals surface area contributed by atoms with E-state index >= 15 is 0 Å². The average Bonchev–Trinajstić information content (AvgIpc) is 2.93. The molecule has 8 nitrogen and oxygen atoms in total. The summed E-state index contributed by atoms with van der Waals surface area (Å²) >= 11 is 3.19. The number of nitrogens with zero attached hydrogens (tertiary/aromatic N) is 3. The number of fused-ring (bicyclic) bond motifs is 3. The highest BCUT2D eigenvalue weighted by Gasteiger charge is 2.17. The van der Waals surface area contributed by atoms with Crippen LogP contribution in [0.4, 0.5) is 5.82 Å². The van der Waals surface area contributed by atoms with E-state index in [1.807, 2.05) is 84.5 Å². The molecule has 0 saturated carbocycles. The van der Waals surface area contributed by atoms with Crippen LogP contribution >= 0.6 is 34.8 Å². The smallest absolute Gasteiger partial charge is 0.339 e. The summed E-state index contributed by atoms with van der Waals surface area (Å²) in [6.45, 7) is 4.25. The third kappa shape index (κ3) is 6.43. The first-order chi connectivity index (χ1) is 18.4. The molecule has 0 fully saturated rings. The summed E-state index contributed by atoms with van der Waals surface area (Å²) < 4.78 is 11.0. The number of hydrogen-bond acceptors (Lipinski definition) is 8. The van der Waals surface area contributed by atoms with Crippen molar-refractivity contribution in [2.24, 2.45) is 0 Å². The molecule has 0 atom stereocenters. The largest absolute Gasteiger partial charge is 0.451 e. The van der Waals surface area contributed by atoms with Crippen LogP contribution in [0.25, 0.3) is 21.5 Å². The molecule has 1 amide bonds. The van der Waals surface area contributed by atoms with Crippen LogP contribution in [0, 0.1) is 6.92 Å². The molecule has 4 aromatic rings. The Morgan fingerprint density at radius 1 is 1.13 bits per heavy atom. The van der Waals surface area contributed by atoms with Crippen LogP contribution in [-0.2, 0) is 19.1 Å². The van der Waals surface area contributed by atoms with Gasteiger partial charge in [0.25, 0.3) is 0 Å². The second-order valence-electron chi connectivity index (χ2n) is 8.52. The lowest BCUT2D eigenvalue weighted by Gasteiger charge is -2.22. The number of thioether (sulfide) groups is 1. The number of carbonyl (C=O) groups excluding carboxylic acids is 2. The first-order valence-electron chi connectivity index (χ1n) is 11.9. The minimum atomic E-state index is -0.404. The quantitative estimate of drug-likeness (QED) is 0.0681. The fourth-order valence-electron chi connectivity index (χ4n) is 4.16. The lowest BCUT2D eigenvalue weighted by molar-refractivity contribution is -0.116. The number of amides is 1. The molecule has 0 radical (unpaired) electrons. The van der Waals surface area contributed by atoms with Crippen LogP contribution in [0.2, 0.25) is 0 Å². The van der Waals surface area contributed by atoms with Gasteiger partial charge in [-0.15, -0.1) is 0 Å². The molecule has 1 heterocycles. The normalized spacial score (nSPS) is 11.9. The van der Waals surface area contributed by atoms with Crippen molar-refractivity contribution in [3.63, 3.8) is 0 Å². The number of nitrogens with two attached hydrogens (primary N) is 1. The Bertz CT molecular complexity index is 1510. The number of ether oxygens (including phenoxy) is 1. The first-order valence-corrected chi connectivity index (χ1v) is 13.7. The third-order valence-electron chi connectivity index (χ3n) is 6.14. The van der Waals surface area contributed by atoms with E-state index in [4.69, 9.17) is 13.5 Å². The van der Waals surface area contributed by atoms with Crippen LogP contribution in [0.1, 0.15) is 35.1 Å². The van der Waals surface area contributed by atoms with Crippen molar-refractivity contribution < 1.29 is 17.4 Å². The molecule has 0 saturated heterocycles. The summed E-state index contributed by atoms with van der Waals surface area (Å²) in [5.74, 6) is 0.570. The zero-order valence-corrected chi connectivity index (χ0v) is 24.0. The summed E-state index contributed by atoms with van der Waals surface area (Å²) in [6.07, 6.45) is 2.91. The molecule has 3 aromatic carbocycles. The van der Waals surface area contributed by atoms with Gasteiger partial charge in [-0.3, -0.25) is 4.79 Å². The fraction of sp³-hybridized carbons (Fsp3) is 0.214. The van der Waals surface area contributed by atoms with E-state index in [1.165, 1.54) is 11.8 Å². The Hall–Kier alpha value is -3.22. The van der Waals surface area contributed by atoms with E-state index in [2.05, 4.69) is 9.97 Å². The van der Waals surface area contributed by atoms with Gasteiger partial charge in [-0.2, -0.15) is 0 Å². The predicted octanol–water partition coefficient (Wildman–Crippen LogP) is 6.17. The molecule has 0 aliphatic heterocycles. The number of nitrogen functional groups attached to an aromatic ring is 1. The van der Waals surface area contributed by atoms with E-state index in [9.17, 15) is 9.59 Å². The molecule has 0 bridgehead atoms. The van der Waals surface area contributed by atoms with Crippen molar-refractivity contribution in [2.75, 3.05) is 18.3 Å². The number of hydrogen-bond donors (Lipinski definition) is 1. The van der Waals surface area contributed by atoms with E-state index in [0.717, 1.165) is 32.9 Å². The molecule has 38 heavy (non-hydrogen) atoms. The molecule has 0 spiro atoms. The number of halogens is 1. The maximum Gasteiger partial charge on any atom is 0.339 e. The number of aryl methyl sites for hydroxylation is 1. The van der Waals surface area contributed by atoms with E-state index < -0.39 is 5.97 Å². The second kappa shape index (κ2) is 13.0. The minimum absolute atomic E-state index is 0.0797. The van der Waals surface area contributed by atoms with Crippen molar-refractivity contribution in [1.82, 2.24) is 14.9 Å². The molecular formula is C28H27IN4O4S. The molecule has 0 aliphatic carbocycles. The summed E-state index contributed by atoms with van der Waals surface area (Å²) in [5, 5.41) is 3.91. The van der Waals surface area contributed by atoms with Crippen LogP contribution in [0.15, 0.2) is 71.4 Å². The van der Waals surface area contributed by atoms with Gasteiger partial charge < -0.3 is 18.4 Å². The number of benzene rings is 3. The highest BCUT2D eigenvalue weighted by Crippen LogP contribution is 2.31. The lowest BCUT2D eigenvalue weighted by Crippen LogP contribution is -2.22. The molecule has 0 unspecified atom stereocenters. The molecule has 10 heteroatoms. The van der Waals surface area contributed by atoms with E-state index in [1.54, 1.807) is 18.0 Å². The Kier molecular flexibility index (Phi) is 9.53. The highest BCUT2D eigenvalue weighted by molar-refractivity contribution is 14.1. The minimum Gasteiger partial charge on any atom is -0.451 e. The second-order valence-corrected chi connectivity index (χ2v) is 10.2. The van der Waals surface area contributed by atoms with E-state index in [-0.39, 0.29) is 12.5 Å². The van der Waals surface area contributed by atoms with Gasteiger partial charge in [0.1, 0.15) is 40.6 Å². The molecule has 2 N–H and O–H groups in total. The van der Waals surface area contributed by atoms with Crippen molar-refractivity contribution >= 4 is 74.5 Å². The summed E-state index contributed by atoms with van der Waals surface area (Å²) in [7, 11) is 0. The maximum absolute atomic E-state index is 13.2. The topological polar surface area (TPSA) is 108 Å². The number of esters is 1. The molecule has 0 aliphatic rings. The molecule has 4 rings (SSSR count). The van der Waals surface area contributed by atoms with Crippen LogP contribution in [0.5, 0.6) is 0 Å². The van der Waals surface area contributed by atoms with Gasteiger partial charge in [0, 0.05) is 28.8 Å². The number of carbonyl (C=O) groups is 2. The van der Waals surface area contributed by atoms with Crippen LogP contribution in [-0.4, -0.2) is 39.8 Å². The highest BCUT2D eigenvalue weighted by atomic mass is 127. The van der Waals surface area contributed by atoms with Crippen LogP contribution in [0.3, 0.4) is 0 Å². The summed E-state index contributed by atoms with van der Waals surface area (Å²) in [5.41, 5.74) is 7.90. The van der Waals surface area contributed by atoms with Crippen molar-refractivity contribution in [3.8, 4) is 0 Å². The Labute approximate surface area is 239 Å². The van der Waals surface area contributed by atoms with Crippen LogP contribution < -0.4 is 5.73 Å². The maximum atomic E-state index is 13.2. The third-order valence-corrected chi connectivity index (χ3v) is 7.66. The summed E-state index contributed by atoms with van der Waals surface area (Å²) in [6, 6.07) is 17.7. The zero-order chi connectivity index (χ0) is 27.1. The zero-order valence-electron chi connectivity index (χ0n) is 21.0. The number of rotatable bonds is 11. The Morgan fingerprint density at radius 3 is 2.55 bits per heavy atom. The standard InChI is InChI=1S/C28H27IN4O4S/c1-18(33(16-34)15-21-14-31-19(2)32-27(21)30)26(11-12-37-29)38-17-36-28(35)25-13-20-7-3-4-8-22(20)23-9-5-6-10-24(23)25/h3-10,13-14,16H,11-12,15,17H2,1-2H3,(H2,30,31,32)/b26-18-. The first kappa shape index (κ1) is 27.8. The van der Waals surface area contributed by atoms with Crippen molar-refractivity contribution in [2.45, 2.75) is 26.8 Å². The van der Waals surface area contributed by atoms with Gasteiger partial charge >= 0.3 is 5.97 Å². The number of aromatic nitrogens is 2. The number of allylic oxidation sites excluding steroid dienone is 1. The molecule has 196 valence electrons. The lowest BCUT2D eigenvalue weighted by atomic mass is 9.97. The monoisotopic (exact) mass is 642 g/mol. The SMILES string of the molecule is C/C(=C(\CCOI)SCOC(=O)c1cc2ccccc2c2ccccc12)N(C=O)Cc1cnc(C)nc1N. The van der Waals surface area contributed by atoms with Gasteiger partial charge in [0.2, 0.25) is 6.41 Å². The van der Waals surface area contributed by atoms with Gasteiger partial charge in [0.05, 0.1) is 18.7 Å². The molecular weight excluding hydrogens is 615 g/mol. The van der Waals surface area contributed by atoms with Crippen molar-refractivity contribution in [3.05, 3.63) is 88.3 Å². The predicted molar refractivity (Wildman–Crippen MR) is 159 cm³/mol. The Balaban J connectivity index is 1.53. The average molecular weight is 643 g/mol. The molecule has 1 aromatic heterocycles. The van der Waals surface area contributed by atoms with E-state index in [0.29, 0.717) is 41.5 Å². The Morgan fingerprint density at radius 2 is 1.84 bits per heavy atom. The van der Waals surface area contributed by atoms with Gasteiger partial charge in [-0.05, 0) is 41.5 Å². The van der Waals surface area contributed by atoms with Crippen molar-refractivity contribution in [1.29, 1.82) is 0 Å². The van der Waals surface area contributed by atoms with Gasteiger partial charge in [0.15, 0.2) is 0 Å². The summed E-state index contributed by atoms with van der Waals surface area (Å²) in [4.78, 5) is 35.9. The van der Waals surface area contributed by atoms with Gasteiger partial charge in [-0.25, -0.2) is 14.8 Å². The number of anilines is 1.